The second kappa shape index (κ2) is 8.90. The van der Waals surface area contributed by atoms with Crippen molar-refractivity contribution in [3.05, 3.63) is 127 Å². The zero-order valence-corrected chi connectivity index (χ0v) is 18.5. The Labute approximate surface area is 188 Å². The molecule has 0 radical (unpaired) electrons. The average molecular weight is 434 g/mol. The molecule has 0 saturated carbocycles. The van der Waals surface area contributed by atoms with Crippen LogP contribution in [0.25, 0.3) is 10.9 Å². The van der Waals surface area contributed by atoms with Crippen LogP contribution in [0.15, 0.2) is 116 Å². The van der Waals surface area contributed by atoms with Gasteiger partial charge in [-0.15, -0.1) is 0 Å². The van der Waals surface area contributed by atoms with E-state index in [2.05, 4.69) is 23.2 Å². The lowest BCUT2D eigenvalue weighted by Gasteiger charge is -2.22. The highest BCUT2D eigenvalue weighted by atomic mass is 31.2. The first-order valence-corrected chi connectivity index (χ1v) is 12.5. The Kier molecular flexibility index (Phi) is 5.66. The van der Waals surface area contributed by atoms with Crippen molar-refractivity contribution >= 4 is 34.0 Å². The third-order valence-electron chi connectivity index (χ3n) is 5.77. The standard InChI is InChI=1S/C28H23N2OP/c31-32(25-10-3-1-4-11-25,26-12-5-2-6-13-26)28-14-8-7-9-22(28)15-17-24-18-16-23-21-29-20-19-27(23)30-24/h1-14,16,18-21H,15,17H2. The van der Waals surface area contributed by atoms with Crippen LogP contribution in [-0.2, 0) is 17.4 Å². The fourth-order valence-electron chi connectivity index (χ4n) is 4.14. The van der Waals surface area contributed by atoms with Crippen LogP contribution in [0.5, 0.6) is 0 Å². The summed E-state index contributed by atoms with van der Waals surface area (Å²) in [5.74, 6) is 0. The Hall–Kier alpha value is -3.55. The number of fused-ring (bicyclic) bond motifs is 1. The van der Waals surface area contributed by atoms with E-state index in [0.29, 0.717) is 0 Å². The molecule has 0 aliphatic heterocycles. The van der Waals surface area contributed by atoms with Crippen molar-refractivity contribution in [1.82, 2.24) is 9.97 Å². The number of rotatable bonds is 6. The molecular weight excluding hydrogens is 411 g/mol. The Morgan fingerprint density at radius 2 is 1.31 bits per heavy atom. The number of aryl methyl sites for hydroxylation is 2. The molecular formula is C28H23N2OP. The first-order valence-electron chi connectivity index (χ1n) is 10.7. The quantitative estimate of drug-likeness (QED) is 0.351. The fraction of sp³-hybridized carbons (Fsp3) is 0.0714. The van der Waals surface area contributed by atoms with Crippen molar-refractivity contribution in [3.8, 4) is 0 Å². The number of benzene rings is 3. The van der Waals surface area contributed by atoms with Gasteiger partial charge in [-0.3, -0.25) is 9.97 Å². The normalized spacial score (nSPS) is 11.5. The van der Waals surface area contributed by atoms with Crippen molar-refractivity contribution < 1.29 is 4.57 Å². The van der Waals surface area contributed by atoms with Gasteiger partial charge in [0.25, 0.3) is 0 Å². The molecule has 0 aliphatic rings. The Balaban J connectivity index is 1.55. The smallest absolute Gasteiger partial charge is 0.171 e. The number of hydrogen-bond donors (Lipinski definition) is 0. The molecule has 0 unspecified atom stereocenters. The molecule has 0 fully saturated rings. The molecule has 5 aromatic rings. The van der Waals surface area contributed by atoms with Gasteiger partial charge in [-0.1, -0.05) is 84.9 Å². The van der Waals surface area contributed by atoms with Crippen LogP contribution < -0.4 is 15.9 Å². The van der Waals surface area contributed by atoms with Crippen molar-refractivity contribution in [2.24, 2.45) is 0 Å². The molecule has 4 heteroatoms. The molecule has 0 N–H and O–H groups in total. The first kappa shape index (κ1) is 20.4. The maximum atomic E-state index is 14.8. The van der Waals surface area contributed by atoms with Gasteiger partial charge in [0, 0.05) is 39.4 Å². The van der Waals surface area contributed by atoms with Crippen molar-refractivity contribution in [1.29, 1.82) is 0 Å². The maximum absolute atomic E-state index is 14.8. The third kappa shape index (κ3) is 3.88. The summed E-state index contributed by atoms with van der Waals surface area (Å²) in [4.78, 5) is 8.95. The summed E-state index contributed by atoms with van der Waals surface area (Å²) in [6.45, 7) is 0. The third-order valence-corrected chi connectivity index (χ3v) is 8.93. The molecule has 0 saturated heterocycles. The summed E-state index contributed by atoms with van der Waals surface area (Å²) in [6.07, 6.45) is 5.14. The van der Waals surface area contributed by atoms with E-state index >= 15 is 0 Å². The SMILES string of the molecule is O=P(c1ccccc1)(c1ccccc1)c1ccccc1CCc1ccc2cnccc2n1. The van der Waals surface area contributed by atoms with E-state index in [1.54, 1.807) is 6.20 Å². The molecule has 3 nitrogen and oxygen atoms in total. The predicted molar refractivity (Wildman–Crippen MR) is 133 cm³/mol. The van der Waals surface area contributed by atoms with Crippen molar-refractivity contribution in [3.63, 3.8) is 0 Å². The molecule has 32 heavy (non-hydrogen) atoms. The molecule has 0 amide bonds. The molecule has 5 rings (SSSR count). The lowest BCUT2D eigenvalue weighted by atomic mass is 10.1. The minimum atomic E-state index is -3.00. The van der Waals surface area contributed by atoms with Crippen LogP contribution in [0.1, 0.15) is 11.3 Å². The van der Waals surface area contributed by atoms with Crippen LogP contribution >= 0.6 is 7.14 Å². The van der Waals surface area contributed by atoms with Gasteiger partial charge in [-0.05, 0) is 36.6 Å². The molecule has 2 heterocycles. The highest BCUT2D eigenvalue weighted by Crippen LogP contribution is 2.43. The molecule has 0 spiro atoms. The van der Waals surface area contributed by atoms with Crippen LogP contribution in [0.4, 0.5) is 0 Å². The molecule has 0 bridgehead atoms. The number of pyridine rings is 2. The molecule has 156 valence electrons. The topological polar surface area (TPSA) is 42.9 Å². The van der Waals surface area contributed by atoms with Crippen molar-refractivity contribution in [2.75, 3.05) is 0 Å². The fourth-order valence-corrected chi connectivity index (χ4v) is 7.07. The largest absolute Gasteiger partial charge is 0.309 e. The molecule has 2 aromatic heterocycles. The van der Waals surface area contributed by atoms with E-state index in [-0.39, 0.29) is 0 Å². The van der Waals surface area contributed by atoms with Gasteiger partial charge in [0.15, 0.2) is 7.14 Å². The van der Waals surface area contributed by atoms with E-state index in [4.69, 9.17) is 4.98 Å². The average Bonchev–Trinajstić information content (AvgIpc) is 2.88. The molecule has 3 aromatic carbocycles. The minimum Gasteiger partial charge on any atom is -0.309 e. The van der Waals surface area contributed by atoms with E-state index < -0.39 is 7.14 Å². The zero-order chi connectivity index (χ0) is 21.8. The van der Waals surface area contributed by atoms with Crippen LogP contribution in [-0.4, -0.2) is 9.97 Å². The zero-order valence-electron chi connectivity index (χ0n) is 17.6. The Morgan fingerprint density at radius 1 is 0.656 bits per heavy atom. The van der Waals surface area contributed by atoms with Gasteiger partial charge in [-0.25, -0.2) is 0 Å². The van der Waals surface area contributed by atoms with Crippen molar-refractivity contribution in [2.45, 2.75) is 12.8 Å². The lowest BCUT2D eigenvalue weighted by Crippen LogP contribution is -2.27. The Morgan fingerprint density at radius 3 is 2.03 bits per heavy atom. The summed E-state index contributed by atoms with van der Waals surface area (Å²) in [5.41, 5.74) is 3.07. The van der Waals surface area contributed by atoms with E-state index in [0.717, 1.165) is 50.9 Å². The summed E-state index contributed by atoms with van der Waals surface area (Å²) in [6, 6.07) is 33.9. The van der Waals surface area contributed by atoms with Crippen LogP contribution in [0.2, 0.25) is 0 Å². The van der Waals surface area contributed by atoms with Gasteiger partial charge < -0.3 is 4.57 Å². The van der Waals surface area contributed by atoms with Gasteiger partial charge >= 0.3 is 0 Å². The van der Waals surface area contributed by atoms with Gasteiger partial charge in [0.2, 0.25) is 0 Å². The Bertz CT molecular complexity index is 1360. The second-order valence-corrected chi connectivity index (χ2v) is 10.5. The van der Waals surface area contributed by atoms with Gasteiger partial charge in [0.1, 0.15) is 0 Å². The number of aromatic nitrogens is 2. The first-order chi connectivity index (χ1) is 15.7. The minimum absolute atomic E-state index is 0.767. The van der Waals surface area contributed by atoms with Crippen LogP contribution in [0, 0.1) is 0 Å². The predicted octanol–water partition coefficient (Wildman–Crippen LogP) is 5.05. The molecule has 0 aliphatic carbocycles. The van der Waals surface area contributed by atoms with Gasteiger partial charge in [-0.2, -0.15) is 0 Å². The highest BCUT2D eigenvalue weighted by Gasteiger charge is 2.31. The van der Waals surface area contributed by atoms with Gasteiger partial charge in [0.05, 0.1) is 5.52 Å². The highest BCUT2D eigenvalue weighted by molar-refractivity contribution is 7.85. The summed E-state index contributed by atoms with van der Waals surface area (Å²) >= 11 is 0. The molecule has 0 atom stereocenters. The monoisotopic (exact) mass is 434 g/mol. The maximum Gasteiger partial charge on any atom is 0.171 e. The summed E-state index contributed by atoms with van der Waals surface area (Å²) in [5, 5.41) is 3.65. The van der Waals surface area contributed by atoms with Crippen LogP contribution in [0.3, 0.4) is 0 Å². The van der Waals surface area contributed by atoms with E-state index in [1.807, 2.05) is 91.1 Å². The summed E-state index contributed by atoms with van der Waals surface area (Å²) < 4.78 is 14.8. The second-order valence-electron chi connectivity index (χ2n) is 7.78. The van der Waals surface area contributed by atoms with E-state index in [9.17, 15) is 4.57 Å². The lowest BCUT2D eigenvalue weighted by molar-refractivity contribution is 0.592. The summed E-state index contributed by atoms with van der Waals surface area (Å²) in [7, 11) is -3.00. The number of hydrogen-bond acceptors (Lipinski definition) is 3. The van der Waals surface area contributed by atoms with E-state index in [1.165, 1.54) is 0 Å². The number of nitrogens with zero attached hydrogens (tertiary/aromatic N) is 2.